The predicted molar refractivity (Wildman–Crippen MR) is 99.9 cm³/mol. The maximum atomic E-state index is 12.5. The van der Waals surface area contributed by atoms with Crippen molar-refractivity contribution in [3.05, 3.63) is 24.3 Å². The maximum Gasteiger partial charge on any atom is 0.317 e. The summed E-state index contributed by atoms with van der Waals surface area (Å²) in [5.74, 6) is 3.45. The molecule has 0 saturated heterocycles. The Balaban J connectivity index is 1.31. The molecule has 2 amide bonds. The Hall–Kier alpha value is -1.91. The molecule has 1 aromatic carbocycles. The molecule has 0 aromatic heterocycles. The zero-order valence-electron chi connectivity index (χ0n) is 15.7. The van der Waals surface area contributed by atoms with Gasteiger partial charge in [-0.1, -0.05) is 0 Å². The second-order valence-corrected chi connectivity index (χ2v) is 8.87. The first kappa shape index (κ1) is 17.5. The summed E-state index contributed by atoms with van der Waals surface area (Å²) in [7, 11) is 0. The van der Waals surface area contributed by atoms with Crippen LogP contribution in [0.1, 0.15) is 52.4 Å². The largest absolute Gasteiger partial charge is 0.508 e. The standard InChI is InChI=1S/C21H30N2O3/c1-13(21-10-15-7-16(11-21)9-17(8-15)12-21)22-20(25)23-14(2)26-19-5-3-18(24)4-6-19/h3-6,13-17,24H,7-12H2,1-2H3,(H2,22,23,25). The molecule has 3 N–H and O–H groups in total. The predicted octanol–water partition coefficient (Wildman–Crippen LogP) is 4.02. The number of hydrogen-bond acceptors (Lipinski definition) is 3. The van der Waals surface area contributed by atoms with Gasteiger partial charge in [-0.3, -0.25) is 0 Å². The lowest BCUT2D eigenvalue weighted by atomic mass is 9.48. The van der Waals surface area contributed by atoms with Crippen LogP contribution in [0.2, 0.25) is 0 Å². The van der Waals surface area contributed by atoms with Crippen LogP contribution in [0.25, 0.3) is 0 Å². The number of aromatic hydroxyl groups is 1. The van der Waals surface area contributed by atoms with E-state index in [2.05, 4.69) is 17.6 Å². The summed E-state index contributed by atoms with van der Waals surface area (Å²) < 4.78 is 5.69. The summed E-state index contributed by atoms with van der Waals surface area (Å²) in [6, 6.07) is 6.53. The van der Waals surface area contributed by atoms with Gasteiger partial charge in [0, 0.05) is 6.04 Å². The molecule has 5 heteroatoms. The molecular formula is C21H30N2O3. The third kappa shape index (κ3) is 3.49. The van der Waals surface area contributed by atoms with Gasteiger partial charge < -0.3 is 20.5 Å². The van der Waals surface area contributed by atoms with Crippen molar-refractivity contribution in [1.29, 1.82) is 0 Å². The van der Waals surface area contributed by atoms with E-state index in [9.17, 15) is 9.90 Å². The fraction of sp³-hybridized carbons (Fsp3) is 0.667. The molecule has 4 saturated carbocycles. The minimum absolute atomic E-state index is 0.167. The highest BCUT2D eigenvalue weighted by molar-refractivity contribution is 5.74. The first-order valence-corrected chi connectivity index (χ1v) is 9.94. The Morgan fingerprint density at radius 3 is 2.12 bits per heavy atom. The van der Waals surface area contributed by atoms with Gasteiger partial charge in [-0.05, 0) is 99.8 Å². The van der Waals surface area contributed by atoms with Crippen molar-refractivity contribution in [2.75, 3.05) is 0 Å². The summed E-state index contributed by atoms with van der Waals surface area (Å²) >= 11 is 0. The molecular weight excluding hydrogens is 328 g/mol. The fourth-order valence-corrected chi connectivity index (χ4v) is 6.04. The molecule has 0 aliphatic heterocycles. The number of carbonyl (C=O) groups excluding carboxylic acids is 1. The van der Waals surface area contributed by atoms with E-state index in [1.165, 1.54) is 38.5 Å². The van der Waals surface area contributed by atoms with Gasteiger partial charge in [0.25, 0.3) is 0 Å². The number of amides is 2. The van der Waals surface area contributed by atoms with E-state index < -0.39 is 6.23 Å². The average Bonchev–Trinajstić information content (AvgIpc) is 2.55. The fourth-order valence-electron chi connectivity index (χ4n) is 6.04. The Kier molecular flexibility index (Phi) is 4.49. The first-order chi connectivity index (χ1) is 12.4. The van der Waals surface area contributed by atoms with Crippen LogP contribution in [0, 0.1) is 23.2 Å². The first-order valence-electron chi connectivity index (χ1n) is 9.94. The number of hydrogen-bond donors (Lipinski definition) is 3. The van der Waals surface area contributed by atoms with E-state index >= 15 is 0 Å². The molecule has 4 bridgehead atoms. The van der Waals surface area contributed by atoms with Gasteiger partial charge in [0.1, 0.15) is 11.5 Å². The van der Waals surface area contributed by atoms with E-state index in [0.717, 1.165) is 17.8 Å². The number of ether oxygens (including phenoxy) is 1. The van der Waals surface area contributed by atoms with Crippen molar-refractivity contribution in [3.63, 3.8) is 0 Å². The van der Waals surface area contributed by atoms with Crippen LogP contribution in [0.3, 0.4) is 0 Å². The van der Waals surface area contributed by atoms with Crippen LogP contribution in [-0.2, 0) is 0 Å². The number of rotatable bonds is 5. The van der Waals surface area contributed by atoms with Gasteiger partial charge in [-0.2, -0.15) is 0 Å². The molecule has 5 rings (SSSR count). The van der Waals surface area contributed by atoms with Crippen LogP contribution in [0.4, 0.5) is 4.79 Å². The smallest absolute Gasteiger partial charge is 0.317 e. The average molecular weight is 358 g/mol. The Morgan fingerprint density at radius 1 is 1.04 bits per heavy atom. The van der Waals surface area contributed by atoms with Gasteiger partial charge in [-0.15, -0.1) is 0 Å². The van der Waals surface area contributed by atoms with Crippen LogP contribution < -0.4 is 15.4 Å². The van der Waals surface area contributed by atoms with Crippen molar-refractivity contribution < 1.29 is 14.6 Å². The topological polar surface area (TPSA) is 70.6 Å². The molecule has 0 spiro atoms. The highest BCUT2D eigenvalue weighted by atomic mass is 16.5. The van der Waals surface area contributed by atoms with E-state index in [-0.39, 0.29) is 17.8 Å². The molecule has 4 aliphatic carbocycles. The third-order valence-electron chi connectivity index (χ3n) is 6.84. The maximum absolute atomic E-state index is 12.5. The van der Waals surface area contributed by atoms with E-state index in [4.69, 9.17) is 4.74 Å². The quantitative estimate of drug-likeness (QED) is 0.696. The number of carbonyl (C=O) groups is 1. The Bertz CT molecular complexity index is 622. The third-order valence-corrected chi connectivity index (χ3v) is 6.84. The Morgan fingerprint density at radius 2 is 1.58 bits per heavy atom. The lowest BCUT2D eigenvalue weighted by molar-refractivity contribution is -0.0683. The highest BCUT2D eigenvalue weighted by Crippen LogP contribution is 2.61. The number of benzene rings is 1. The van der Waals surface area contributed by atoms with Gasteiger partial charge in [0.05, 0.1) is 0 Å². The molecule has 0 radical (unpaired) electrons. The van der Waals surface area contributed by atoms with E-state index in [1.54, 1.807) is 24.3 Å². The van der Waals surface area contributed by atoms with Crippen molar-refractivity contribution in [1.82, 2.24) is 10.6 Å². The highest BCUT2D eigenvalue weighted by Gasteiger charge is 2.53. The summed E-state index contributed by atoms with van der Waals surface area (Å²) in [6.07, 6.45) is 7.63. The van der Waals surface area contributed by atoms with Gasteiger partial charge >= 0.3 is 6.03 Å². The number of nitrogens with one attached hydrogen (secondary N) is 2. The number of phenols is 1. The van der Waals surface area contributed by atoms with Crippen molar-refractivity contribution >= 4 is 6.03 Å². The molecule has 2 atom stereocenters. The molecule has 4 fully saturated rings. The normalized spacial score (nSPS) is 34.2. The minimum Gasteiger partial charge on any atom is -0.508 e. The summed E-state index contributed by atoms with van der Waals surface area (Å²) in [5.41, 5.74) is 0.299. The zero-order chi connectivity index (χ0) is 18.3. The number of phenolic OH excluding ortho intramolecular Hbond substituents is 1. The second kappa shape index (κ2) is 6.67. The number of urea groups is 1. The van der Waals surface area contributed by atoms with E-state index in [0.29, 0.717) is 11.2 Å². The molecule has 2 unspecified atom stereocenters. The molecule has 0 heterocycles. The molecule has 4 aliphatic rings. The summed E-state index contributed by atoms with van der Waals surface area (Å²) in [5, 5.41) is 15.4. The lowest BCUT2D eigenvalue weighted by Gasteiger charge is -2.59. The molecule has 142 valence electrons. The Labute approximate surface area is 155 Å². The van der Waals surface area contributed by atoms with Crippen molar-refractivity contribution in [3.8, 4) is 11.5 Å². The van der Waals surface area contributed by atoms with Gasteiger partial charge in [-0.25, -0.2) is 4.79 Å². The van der Waals surface area contributed by atoms with Crippen LogP contribution in [-0.4, -0.2) is 23.4 Å². The SMILES string of the molecule is CC(NC(=O)NC(C)C12CC3CC(CC(C3)C1)C2)Oc1ccc(O)cc1. The second-order valence-electron chi connectivity index (χ2n) is 8.87. The van der Waals surface area contributed by atoms with Gasteiger partial charge in [0.2, 0.25) is 0 Å². The van der Waals surface area contributed by atoms with Crippen LogP contribution in [0.15, 0.2) is 24.3 Å². The van der Waals surface area contributed by atoms with Crippen LogP contribution >= 0.6 is 0 Å². The molecule has 26 heavy (non-hydrogen) atoms. The monoisotopic (exact) mass is 358 g/mol. The van der Waals surface area contributed by atoms with Gasteiger partial charge in [0.15, 0.2) is 6.23 Å². The summed E-state index contributed by atoms with van der Waals surface area (Å²) in [6.45, 7) is 3.99. The lowest BCUT2D eigenvalue weighted by Crippen LogP contribution is -2.57. The summed E-state index contributed by atoms with van der Waals surface area (Å²) in [4.78, 5) is 12.5. The zero-order valence-corrected chi connectivity index (χ0v) is 15.7. The molecule has 5 nitrogen and oxygen atoms in total. The van der Waals surface area contributed by atoms with Crippen molar-refractivity contribution in [2.24, 2.45) is 23.2 Å². The minimum atomic E-state index is -0.442. The van der Waals surface area contributed by atoms with E-state index in [1.807, 2.05) is 6.92 Å². The molecule has 1 aromatic rings. The van der Waals surface area contributed by atoms with Crippen molar-refractivity contribution in [2.45, 2.75) is 64.6 Å². The van der Waals surface area contributed by atoms with Crippen LogP contribution in [0.5, 0.6) is 11.5 Å².